The highest BCUT2D eigenvalue weighted by Crippen LogP contribution is 2.33. The zero-order valence-electron chi connectivity index (χ0n) is 14.3. The van der Waals surface area contributed by atoms with Gasteiger partial charge in [-0.2, -0.15) is 0 Å². The number of hydrogen-bond donors (Lipinski definition) is 1. The van der Waals surface area contributed by atoms with Crippen molar-refractivity contribution >= 4 is 44.8 Å². The quantitative estimate of drug-likeness (QED) is 0.274. The van der Waals surface area contributed by atoms with Crippen molar-refractivity contribution in [2.45, 2.75) is 0 Å². The molecular weight excluding hydrogens is 400 g/mol. The highest BCUT2D eigenvalue weighted by atomic mass is 79.9. The van der Waals surface area contributed by atoms with Crippen LogP contribution in [-0.4, -0.2) is 54.1 Å². The lowest BCUT2D eigenvalue weighted by atomic mass is 10.1. The molecular formula is C18H17BrN4O3. The molecule has 0 spiro atoms. The van der Waals surface area contributed by atoms with Crippen molar-refractivity contribution < 1.29 is 14.0 Å². The van der Waals surface area contributed by atoms with Gasteiger partial charge >= 0.3 is 0 Å². The Hall–Kier alpha value is -2.58. The second-order valence-corrected chi connectivity index (χ2v) is 6.66. The van der Waals surface area contributed by atoms with E-state index in [4.69, 9.17) is 4.42 Å². The van der Waals surface area contributed by atoms with E-state index in [0.717, 1.165) is 6.54 Å². The molecule has 0 aliphatic heterocycles. The number of halogens is 1. The number of aromatic nitrogens is 2. The maximum atomic E-state index is 12.2. The topological polar surface area (TPSA) is 88.3 Å². The lowest BCUT2D eigenvalue weighted by Gasteiger charge is -2.13. The van der Waals surface area contributed by atoms with Gasteiger partial charge in [-0.3, -0.25) is 9.59 Å². The van der Waals surface area contributed by atoms with Crippen LogP contribution in [-0.2, 0) is 4.79 Å². The molecule has 0 aliphatic carbocycles. The van der Waals surface area contributed by atoms with Gasteiger partial charge in [0.05, 0.1) is 11.1 Å². The molecule has 0 saturated heterocycles. The first-order valence-corrected chi connectivity index (χ1v) is 8.73. The maximum absolute atomic E-state index is 12.2. The number of Topliss-reactive ketones (excluding diaryl/α,β-unsaturated/α-hetero) is 1. The van der Waals surface area contributed by atoms with Crippen LogP contribution in [0.5, 0.6) is 0 Å². The van der Waals surface area contributed by atoms with Gasteiger partial charge in [0.2, 0.25) is 11.7 Å². The molecule has 3 rings (SSSR count). The molecule has 0 radical (unpaired) electrons. The van der Waals surface area contributed by atoms with Crippen LogP contribution in [0.15, 0.2) is 39.5 Å². The summed E-state index contributed by atoms with van der Waals surface area (Å²) in [4.78, 5) is 34.0. The Labute approximate surface area is 158 Å². The van der Waals surface area contributed by atoms with Crippen LogP contribution in [0.3, 0.4) is 0 Å². The van der Waals surface area contributed by atoms with E-state index < -0.39 is 5.78 Å². The molecule has 1 aromatic carbocycles. The lowest BCUT2D eigenvalue weighted by Crippen LogP contribution is -2.21. The number of nitrogens with one attached hydrogen (secondary N) is 1. The Morgan fingerprint density at radius 3 is 2.85 bits per heavy atom. The number of likely N-dealkylation sites (N-methyl/N-ethyl adjacent to an activating group) is 1. The number of oxazole rings is 1. The normalized spacial score (nSPS) is 11.1. The molecule has 1 N–H and O–H groups in total. The van der Waals surface area contributed by atoms with Gasteiger partial charge in [-0.25, -0.2) is 9.97 Å². The Bertz CT molecular complexity index is 968. The predicted molar refractivity (Wildman–Crippen MR) is 102 cm³/mol. The molecule has 2 aromatic heterocycles. The first kappa shape index (κ1) is 18.2. The standard InChI is InChI=1S/C18H17BrN4O3/c1-23(2)9-8-20-12-5-6-13-16(15(12)14(25)10-24)26-18(22-13)11-4-3-7-21-17(11)19/h3-7,10,20H,8-9H2,1-2H3. The maximum Gasteiger partial charge on any atom is 0.231 e. The monoisotopic (exact) mass is 416 g/mol. The van der Waals surface area contributed by atoms with E-state index in [1.807, 2.05) is 19.0 Å². The summed E-state index contributed by atoms with van der Waals surface area (Å²) in [6, 6.07) is 7.06. The van der Waals surface area contributed by atoms with Crippen LogP contribution in [0.4, 0.5) is 5.69 Å². The molecule has 0 saturated carbocycles. The van der Waals surface area contributed by atoms with Crippen LogP contribution in [0.25, 0.3) is 22.6 Å². The van der Waals surface area contributed by atoms with Gasteiger partial charge in [0.25, 0.3) is 0 Å². The molecule has 3 aromatic rings. The summed E-state index contributed by atoms with van der Waals surface area (Å²) < 4.78 is 6.43. The van der Waals surface area contributed by atoms with Crippen molar-refractivity contribution in [1.82, 2.24) is 14.9 Å². The molecule has 0 atom stereocenters. The van der Waals surface area contributed by atoms with Crippen molar-refractivity contribution in [2.75, 3.05) is 32.5 Å². The van der Waals surface area contributed by atoms with Gasteiger partial charge in [-0.15, -0.1) is 0 Å². The minimum absolute atomic E-state index is 0.190. The van der Waals surface area contributed by atoms with E-state index in [-0.39, 0.29) is 17.4 Å². The zero-order chi connectivity index (χ0) is 18.7. The minimum Gasteiger partial charge on any atom is -0.435 e. The van der Waals surface area contributed by atoms with Gasteiger partial charge in [-0.05, 0) is 54.3 Å². The van der Waals surface area contributed by atoms with Gasteiger partial charge in [0, 0.05) is 25.0 Å². The summed E-state index contributed by atoms with van der Waals surface area (Å²) in [5, 5.41) is 3.18. The van der Waals surface area contributed by atoms with E-state index in [1.54, 1.807) is 30.5 Å². The highest BCUT2D eigenvalue weighted by molar-refractivity contribution is 9.10. The van der Waals surface area contributed by atoms with Crippen LogP contribution >= 0.6 is 15.9 Å². The third-order valence-corrected chi connectivity index (χ3v) is 4.41. The zero-order valence-corrected chi connectivity index (χ0v) is 15.9. The van der Waals surface area contributed by atoms with Crippen molar-refractivity contribution in [1.29, 1.82) is 0 Å². The SMILES string of the molecule is CN(C)CCNc1ccc2nc(-c3cccnc3Br)oc2c1C(=O)C=O. The summed E-state index contributed by atoms with van der Waals surface area (Å²) in [6.07, 6.45) is 1.93. The van der Waals surface area contributed by atoms with Crippen molar-refractivity contribution in [2.24, 2.45) is 0 Å². The number of ketones is 1. The number of pyridine rings is 1. The Kier molecular flexibility index (Phi) is 5.43. The fourth-order valence-electron chi connectivity index (χ4n) is 2.52. The molecule has 0 fully saturated rings. The molecule has 26 heavy (non-hydrogen) atoms. The molecule has 0 amide bonds. The second-order valence-electron chi connectivity index (χ2n) is 5.91. The minimum atomic E-state index is -0.657. The van der Waals surface area contributed by atoms with Gasteiger partial charge in [-0.1, -0.05) is 0 Å². The smallest absolute Gasteiger partial charge is 0.231 e. The van der Waals surface area contributed by atoms with Crippen LogP contribution in [0.2, 0.25) is 0 Å². The molecule has 0 bridgehead atoms. The fraction of sp³-hybridized carbons (Fsp3) is 0.222. The summed E-state index contributed by atoms with van der Waals surface area (Å²) in [5.41, 5.74) is 2.18. The third kappa shape index (κ3) is 3.66. The van der Waals surface area contributed by atoms with Crippen molar-refractivity contribution in [3.63, 3.8) is 0 Å². The summed E-state index contributed by atoms with van der Waals surface area (Å²) in [5.74, 6) is -0.332. The number of nitrogens with zero attached hydrogens (tertiary/aromatic N) is 3. The summed E-state index contributed by atoms with van der Waals surface area (Å²) in [7, 11) is 3.91. The molecule has 0 aliphatic rings. The molecule has 8 heteroatoms. The van der Waals surface area contributed by atoms with Crippen molar-refractivity contribution in [3.05, 3.63) is 40.6 Å². The number of hydrogen-bond acceptors (Lipinski definition) is 7. The van der Waals surface area contributed by atoms with Gasteiger partial charge in [0.1, 0.15) is 10.1 Å². The number of carbonyl (C=O) groups is 2. The second kappa shape index (κ2) is 7.76. The van der Waals surface area contributed by atoms with E-state index in [9.17, 15) is 9.59 Å². The van der Waals surface area contributed by atoms with Crippen LogP contribution in [0.1, 0.15) is 10.4 Å². The van der Waals surface area contributed by atoms with Gasteiger partial charge in [0.15, 0.2) is 11.9 Å². The van der Waals surface area contributed by atoms with Crippen molar-refractivity contribution in [3.8, 4) is 11.5 Å². The molecule has 134 valence electrons. The number of rotatable bonds is 7. The number of carbonyl (C=O) groups excluding carboxylic acids is 2. The van der Waals surface area contributed by atoms with E-state index >= 15 is 0 Å². The van der Waals surface area contributed by atoms with E-state index in [0.29, 0.717) is 33.8 Å². The Morgan fingerprint density at radius 2 is 2.15 bits per heavy atom. The first-order chi connectivity index (χ1) is 12.5. The Balaban J connectivity index is 2.09. The summed E-state index contributed by atoms with van der Waals surface area (Å²) >= 11 is 3.36. The molecule has 2 heterocycles. The number of benzene rings is 1. The number of fused-ring (bicyclic) bond motifs is 1. The lowest BCUT2D eigenvalue weighted by molar-refractivity contribution is -0.104. The largest absolute Gasteiger partial charge is 0.435 e. The Morgan fingerprint density at radius 1 is 1.35 bits per heavy atom. The number of aldehydes is 1. The van der Waals surface area contributed by atoms with Gasteiger partial charge < -0.3 is 14.6 Å². The molecule has 0 unspecified atom stereocenters. The van der Waals surface area contributed by atoms with E-state index in [1.165, 1.54) is 0 Å². The van der Waals surface area contributed by atoms with Crippen LogP contribution in [0, 0.1) is 0 Å². The predicted octanol–water partition coefficient (Wildman–Crippen LogP) is 3.01. The fourth-order valence-corrected chi connectivity index (χ4v) is 2.94. The first-order valence-electron chi connectivity index (χ1n) is 7.93. The average molecular weight is 417 g/mol. The van der Waals surface area contributed by atoms with Crippen LogP contribution < -0.4 is 5.32 Å². The summed E-state index contributed by atoms with van der Waals surface area (Å²) in [6.45, 7) is 1.39. The third-order valence-electron chi connectivity index (χ3n) is 3.78. The average Bonchev–Trinajstić information content (AvgIpc) is 3.04. The molecule has 7 nitrogen and oxygen atoms in total. The highest BCUT2D eigenvalue weighted by Gasteiger charge is 2.21. The number of anilines is 1. The van der Waals surface area contributed by atoms with E-state index in [2.05, 4.69) is 31.2 Å².